The van der Waals surface area contributed by atoms with Gasteiger partial charge in [0.25, 0.3) is 0 Å². The first kappa shape index (κ1) is 12.2. The molecule has 0 amide bonds. The lowest BCUT2D eigenvalue weighted by molar-refractivity contribution is 0.316. The van der Waals surface area contributed by atoms with Crippen molar-refractivity contribution < 1.29 is 10.4 Å². The lowest BCUT2D eigenvalue weighted by atomic mass is 10.1. The normalized spacial score (nSPS) is 10.9. The minimum Gasteiger partial charge on any atom is -0.411 e. The molecule has 0 spiro atoms. The monoisotopic (exact) mass is 194 g/mol. The van der Waals surface area contributed by atoms with Crippen LogP contribution in [-0.2, 0) is 0 Å². The Balaban J connectivity index is 0.000000791. The first-order valence-corrected chi connectivity index (χ1v) is 4.33. The summed E-state index contributed by atoms with van der Waals surface area (Å²) in [4.78, 5) is 0. The molecule has 2 N–H and O–H groups in total. The van der Waals surface area contributed by atoms with E-state index in [-0.39, 0.29) is 5.71 Å². The van der Waals surface area contributed by atoms with Gasteiger partial charge < -0.3 is 10.4 Å². The molecule has 14 heavy (non-hydrogen) atoms. The fourth-order valence-corrected chi connectivity index (χ4v) is 0.822. The molecule has 4 heteroatoms. The van der Waals surface area contributed by atoms with Crippen molar-refractivity contribution in [1.29, 1.82) is 0 Å². The number of rotatable bonds is 2. The van der Waals surface area contributed by atoms with E-state index in [1.54, 1.807) is 24.3 Å². The summed E-state index contributed by atoms with van der Waals surface area (Å²) >= 11 is 0. The Bertz CT molecular complexity index is 294. The van der Waals surface area contributed by atoms with E-state index in [9.17, 15) is 0 Å². The average Bonchev–Trinajstić information content (AvgIpc) is 2.30. The van der Waals surface area contributed by atoms with Crippen molar-refractivity contribution in [2.75, 3.05) is 0 Å². The number of benzene rings is 1. The van der Waals surface area contributed by atoms with Crippen LogP contribution in [0.25, 0.3) is 0 Å². The molecule has 0 heterocycles. The molecule has 1 rings (SSSR count). The van der Waals surface area contributed by atoms with Gasteiger partial charge >= 0.3 is 0 Å². The SMILES string of the molecule is CC.O/N=C(\C=N\O)c1ccccc1. The van der Waals surface area contributed by atoms with Crippen LogP contribution in [0.2, 0.25) is 0 Å². The first-order valence-electron chi connectivity index (χ1n) is 4.33. The van der Waals surface area contributed by atoms with E-state index in [0.717, 1.165) is 6.21 Å². The summed E-state index contributed by atoms with van der Waals surface area (Å²) in [6.45, 7) is 4.00. The topological polar surface area (TPSA) is 65.2 Å². The summed E-state index contributed by atoms with van der Waals surface area (Å²) in [5.41, 5.74) is 0.913. The maximum atomic E-state index is 8.50. The highest BCUT2D eigenvalue weighted by Gasteiger charge is 1.98. The Kier molecular flexibility index (Phi) is 6.77. The van der Waals surface area contributed by atoms with Gasteiger partial charge in [0.1, 0.15) is 5.71 Å². The summed E-state index contributed by atoms with van der Waals surface area (Å²) in [5, 5.41) is 22.4. The van der Waals surface area contributed by atoms with Gasteiger partial charge in [-0.3, -0.25) is 0 Å². The predicted molar refractivity (Wildman–Crippen MR) is 56.4 cm³/mol. The summed E-state index contributed by atoms with van der Waals surface area (Å²) in [6.07, 6.45) is 1.06. The van der Waals surface area contributed by atoms with Crippen molar-refractivity contribution in [3.8, 4) is 0 Å². The molecule has 0 aromatic heterocycles. The van der Waals surface area contributed by atoms with Gasteiger partial charge in [-0.25, -0.2) is 0 Å². The van der Waals surface area contributed by atoms with Crippen molar-refractivity contribution >= 4 is 11.9 Å². The lowest BCUT2D eigenvalue weighted by Gasteiger charge is -1.95. The highest BCUT2D eigenvalue weighted by molar-refractivity contribution is 6.37. The van der Waals surface area contributed by atoms with Crippen LogP contribution in [0.15, 0.2) is 40.6 Å². The van der Waals surface area contributed by atoms with Gasteiger partial charge in [-0.2, -0.15) is 0 Å². The van der Waals surface area contributed by atoms with Crippen LogP contribution < -0.4 is 0 Å². The number of hydrogen-bond donors (Lipinski definition) is 2. The third-order valence-electron chi connectivity index (χ3n) is 1.36. The molecule has 0 saturated heterocycles. The molecule has 1 aromatic carbocycles. The summed E-state index contributed by atoms with van der Waals surface area (Å²) in [7, 11) is 0. The lowest BCUT2D eigenvalue weighted by Crippen LogP contribution is -2.01. The largest absolute Gasteiger partial charge is 0.411 e. The molecule has 0 unspecified atom stereocenters. The zero-order valence-corrected chi connectivity index (χ0v) is 8.25. The molecule has 0 radical (unpaired) electrons. The van der Waals surface area contributed by atoms with Gasteiger partial charge in [-0.1, -0.05) is 54.5 Å². The Morgan fingerprint density at radius 2 is 1.71 bits per heavy atom. The van der Waals surface area contributed by atoms with Crippen molar-refractivity contribution in [3.63, 3.8) is 0 Å². The average molecular weight is 194 g/mol. The summed E-state index contributed by atoms with van der Waals surface area (Å²) in [6, 6.07) is 8.93. The van der Waals surface area contributed by atoms with Gasteiger partial charge in [0.15, 0.2) is 0 Å². The molecule has 0 aliphatic rings. The predicted octanol–water partition coefficient (Wildman–Crippen LogP) is 2.35. The van der Waals surface area contributed by atoms with Crippen LogP contribution in [0.4, 0.5) is 0 Å². The molecule has 0 aliphatic carbocycles. The molecule has 0 aliphatic heterocycles. The molecular weight excluding hydrogens is 180 g/mol. The van der Waals surface area contributed by atoms with E-state index in [1.165, 1.54) is 0 Å². The fourth-order valence-electron chi connectivity index (χ4n) is 0.822. The number of nitrogens with zero attached hydrogens (tertiary/aromatic N) is 2. The van der Waals surface area contributed by atoms with Crippen molar-refractivity contribution in [3.05, 3.63) is 35.9 Å². The van der Waals surface area contributed by atoms with E-state index >= 15 is 0 Å². The highest BCUT2D eigenvalue weighted by atomic mass is 16.4. The second-order valence-corrected chi connectivity index (χ2v) is 2.10. The second kappa shape index (κ2) is 7.79. The molecule has 0 fully saturated rings. The first-order chi connectivity index (χ1) is 6.88. The molecule has 1 aromatic rings. The molecule has 0 atom stereocenters. The zero-order chi connectivity index (χ0) is 10.8. The van der Waals surface area contributed by atoms with Crippen LogP contribution >= 0.6 is 0 Å². The highest BCUT2D eigenvalue weighted by Crippen LogP contribution is 1.98. The molecule has 0 bridgehead atoms. The fraction of sp³-hybridized carbons (Fsp3) is 0.200. The smallest absolute Gasteiger partial charge is 0.131 e. The van der Waals surface area contributed by atoms with Crippen LogP contribution in [0.5, 0.6) is 0 Å². The van der Waals surface area contributed by atoms with Crippen LogP contribution in [-0.4, -0.2) is 22.3 Å². The van der Waals surface area contributed by atoms with E-state index in [0.29, 0.717) is 5.56 Å². The summed E-state index contributed by atoms with van der Waals surface area (Å²) in [5.74, 6) is 0. The Labute approximate surface area is 83.2 Å². The van der Waals surface area contributed by atoms with Crippen LogP contribution in [0.1, 0.15) is 19.4 Å². The summed E-state index contributed by atoms with van der Waals surface area (Å²) < 4.78 is 0. The van der Waals surface area contributed by atoms with E-state index in [2.05, 4.69) is 10.3 Å². The minimum absolute atomic E-state index is 0.220. The van der Waals surface area contributed by atoms with E-state index < -0.39 is 0 Å². The zero-order valence-electron chi connectivity index (χ0n) is 8.25. The van der Waals surface area contributed by atoms with Crippen molar-refractivity contribution in [2.45, 2.75) is 13.8 Å². The molecule has 76 valence electrons. The maximum absolute atomic E-state index is 8.50. The van der Waals surface area contributed by atoms with Crippen molar-refractivity contribution in [2.24, 2.45) is 10.3 Å². The van der Waals surface area contributed by atoms with Gasteiger partial charge in [0, 0.05) is 5.56 Å². The van der Waals surface area contributed by atoms with Gasteiger partial charge in [-0.15, -0.1) is 0 Å². The molecule has 0 saturated carbocycles. The number of oxime groups is 2. The minimum atomic E-state index is 0.220. The third-order valence-corrected chi connectivity index (χ3v) is 1.36. The standard InChI is InChI=1S/C8H8N2O2.C2H6/c11-9-6-8(10-12)7-4-2-1-3-5-7;1-2/h1-6,11-12H;1-2H3/b9-6+,10-8+;. The Hall–Kier alpha value is -1.84. The van der Waals surface area contributed by atoms with Gasteiger partial charge in [0.05, 0.1) is 6.21 Å². The van der Waals surface area contributed by atoms with E-state index in [4.69, 9.17) is 10.4 Å². The second-order valence-electron chi connectivity index (χ2n) is 2.10. The van der Waals surface area contributed by atoms with Gasteiger partial charge in [-0.05, 0) is 0 Å². The van der Waals surface area contributed by atoms with Crippen LogP contribution in [0.3, 0.4) is 0 Å². The molecular formula is C10H14N2O2. The van der Waals surface area contributed by atoms with Gasteiger partial charge in [0.2, 0.25) is 0 Å². The molecule has 4 nitrogen and oxygen atoms in total. The van der Waals surface area contributed by atoms with Crippen LogP contribution in [0, 0.1) is 0 Å². The quantitative estimate of drug-likeness (QED) is 0.431. The van der Waals surface area contributed by atoms with Crippen molar-refractivity contribution in [1.82, 2.24) is 0 Å². The third kappa shape index (κ3) is 3.71. The number of hydrogen-bond acceptors (Lipinski definition) is 4. The Morgan fingerprint density at radius 1 is 1.14 bits per heavy atom. The Morgan fingerprint density at radius 3 is 2.14 bits per heavy atom. The maximum Gasteiger partial charge on any atom is 0.131 e. The van der Waals surface area contributed by atoms with E-state index in [1.807, 2.05) is 19.9 Å².